The summed E-state index contributed by atoms with van der Waals surface area (Å²) in [6.07, 6.45) is 6.91. The molecule has 5 nitrogen and oxygen atoms in total. The molecule has 0 spiro atoms. The van der Waals surface area contributed by atoms with Gasteiger partial charge in [-0.2, -0.15) is 5.10 Å². The van der Waals surface area contributed by atoms with Crippen molar-refractivity contribution in [3.05, 3.63) is 48.3 Å². The number of benzene rings is 1. The molecule has 1 aliphatic heterocycles. The van der Waals surface area contributed by atoms with Gasteiger partial charge in [0.2, 0.25) is 0 Å². The number of aromatic nitrogens is 2. The summed E-state index contributed by atoms with van der Waals surface area (Å²) in [5, 5.41) is 7.33. The topological polar surface area (TPSA) is 50.2 Å². The van der Waals surface area contributed by atoms with Crippen molar-refractivity contribution in [3.8, 4) is 5.69 Å². The highest BCUT2D eigenvalue weighted by atomic mass is 16.2. The second-order valence-electron chi connectivity index (χ2n) is 5.30. The van der Waals surface area contributed by atoms with E-state index in [1.165, 1.54) is 0 Å². The Morgan fingerprint density at radius 2 is 1.95 bits per heavy atom. The van der Waals surface area contributed by atoms with E-state index in [2.05, 4.69) is 10.4 Å². The van der Waals surface area contributed by atoms with Gasteiger partial charge in [0.05, 0.1) is 11.9 Å². The van der Waals surface area contributed by atoms with Gasteiger partial charge in [0.1, 0.15) is 0 Å². The molecule has 0 radical (unpaired) electrons. The van der Waals surface area contributed by atoms with Crippen LogP contribution in [0.5, 0.6) is 0 Å². The monoisotopic (exact) mass is 284 g/mol. The molecule has 1 aliphatic rings. The van der Waals surface area contributed by atoms with E-state index in [-0.39, 0.29) is 6.03 Å². The van der Waals surface area contributed by atoms with Gasteiger partial charge in [0.15, 0.2) is 0 Å². The van der Waals surface area contributed by atoms with Crippen molar-refractivity contribution in [2.45, 2.75) is 19.3 Å². The minimum atomic E-state index is 0.0583. The summed E-state index contributed by atoms with van der Waals surface area (Å²) in [5.41, 5.74) is 2.17. The van der Waals surface area contributed by atoms with E-state index in [1.807, 2.05) is 52.3 Å². The van der Waals surface area contributed by atoms with Crippen molar-refractivity contribution < 1.29 is 4.79 Å². The Kier molecular flexibility index (Phi) is 4.19. The van der Waals surface area contributed by atoms with Gasteiger partial charge in [-0.25, -0.2) is 9.48 Å². The summed E-state index contributed by atoms with van der Waals surface area (Å²) in [4.78, 5) is 13.7. The zero-order valence-electron chi connectivity index (χ0n) is 12.0. The first-order valence-corrected chi connectivity index (χ1v) is 7.45. The predicted molar refractivity (Wildman–Crippen MR) is 81.5 cm³/mol. The van der Waals surface area contributed by atoms with Gasteiger partial charge in [-0.05, 0) is 37.0 Å². The van der Waals surface area contributed by atoms with Crippen LogP contribution in [0.3, 0.4) is 0 Å². The smallest absolute Gasteiger partial charge is 0.317 e. The molecule has 2 heterocycles. The third-order valence-electron chi connectivity index (χ3n) is 3.74. The molecule has 0 bridgehead atoms. The molecule has 1 N–H and O–H groups in total. The van der Waals surface area contributed by atoms with Gasteiger partial charge in [0.25, 0.3) is 0 Å². The van der Waals surface area contributed by atoms with Crippen LogP contribution in [0.4, 0.5) is 4.79 Å². The number of rotatable bonds is 4. The first kappa shape index (κ1) is 13.7. The van der Waals surface area contributed by atoms with Gasteiger partial charge in [-0.1, -0.05) is 18.2 Å². The number of para-hydroxylation sites is 1. The molecule has 1 fully saturated rings. The van der Waals surface area contributed by atoms with Gasteiger partial charge in [0, 0.05) is 25.8 Å². The average molecular weight is 284 g/mol. The predicted octanol–water partition coefficient (Wildman–Crippen LogP) is 2.22. The first-order chi connectivity index (χ1) is 10.3. The van der Waals surface area contributed by atoms with E-state index in [9.17, 15) is 4.79 Å². The molecule has 0 saturated carbocycles. The lowest BCUT2D eigenvalue weighted by atomic mass is 10.2. The fraction of sp³-hybridized carbons (Fsp3) is 0.375. The van der Waals surface area contributed by atoms with E-state index in [0.717, 1.165) is 43.6 Å². The van der Waals surface area contributed by atoms with Crippen LogP contribution < -0.4 is 5.32 Å². The highest BCUT2D eigenvalue weighted by molar-refractivity contribution is 5.74. The SMILES string of the molecule is O=C(NCCc1cnn(-c2ccccc2)c1)N1CCCC1. The minimum Gasteiger partial charge on any atom is -0.338 e. The zero-order chi connectivity index (χ0) is 14.5. The zero-order valence-corrected chi connectivity index (χ0v) is 12.0. The number of hydrogen-bond donors (Lipinski definition) is 1. The maximum Gasteiger partial charge on any atom is 0.317 e. The third-order valence-corrected chi connectivity index (χ3v) is 3.74. The number of carbonyl (C=O) groups is 1. The number of likely N-dealkylation sites (tertiary alicyclic amines) is 1. The number of nitrogens with zero attached hydrogens (tertiary/aromatic N) is 3. The van der Waals surface area contributed by atoms with Crippen molar-refractivity contribution in [3.63, 3.8) is 0 Å². The van der Waals surface area contributed by atoms with Crippen LogP contribution in [0.25, 0.3) is 5.69 Å². The normalized spacial score (nSPS) is 14.4. The van der Waals surface area contributed by atoms with Crippen LogP contribution in [0.15, 0.2) is 42.7 Å². The molecule has 0 unspecified atom stereocenters. The van der Waals surface area contributed by atoms with E-state index >= 15 is 0 Å². The lowest BCUT2D eigenvalue weighted by Gasteiger charge is -2.15. The number of carbonyl (C=O) groups excluding carboxylic acids is 1. The summed E-state index contributed by atoms with van der Waals surface area (Å²) in [7, 11) is 0. The molecule has 1 aromatic heterocycles. The summed E-state index contributed by atoms with van der Waals surface area (Å²) in [6, 6.07) is 10.1. The number of amides is 2. The number of urea groups is 1. The second-order valence-corrected chi connectivity index (χ2v) is 5.30. The molecule has 2 aromatic rings. The highest BCUT2D eigenvalue weighted by Crippen LogP contribution is 2.09. The van der Waals surface area contributed by atoms with Crippen molar-refractivity contribution in [2.24, 2.45) is 0 Å². The van der Waals surface area contributed by atoms with Crippen LogP contribution in [-0.2, 0) is 6.42 Å². The van der Waals surface area contributed by atoms with E-state index < -0.39 is 0 Å². The molecular weight excluding hydrogens is 264 g/mol. The van der Waals surface area contributed by atoms with E-state index in [4.69, 9.17) is 0 Å². The molecule has 2 amide bonds. The molecule has 1 aromatic carbocycles. The fourth-order valence-corrected chi connectivity index (χ4v) is 2.56. The molecule has 21 heavy (non-hydrogen) atoms. The fourth-order valence-electron chi connectivity index (χ4n) is 2.56. The molecule has 0 aliphatic carbocycles. The third kappa shape index (κ3) is 3.42. The summed E-state index contributed by atoms with van der Waals surface area (Å²) in [6.45, 7) is 2.42. The summed E-state index contributed by atoms with van der Waals surface area (Å²) < 4.78 is 1.86. The van der Waals surface area contributed by atoms with Gasteiger partial charge in [-0.15, -0.1) is 0 Å². The quantitative estimate of drug-likeness (QED) is 0.936. The average Bonchev–Trinajstić information content (AvgIpc) is 3.20. The van der Waals surface area contributed by atoms with Gasteiger partial charge >= 0.3 is 6.03 Å². The maximum absolute atomic E-state index is 11.9. The Balaban J connectivity index is 1.50. The van der Waals surface area contributed by atoms with Crippen LogP contribution in [0.1, 0.15) is 18.4 Å². The van der Waals surface area contributed by atoms with Crippen LogP contribution in [0, 0.1) is 0 Å². The largest absolute Gasteiger partial charge is 0.338 e. The van der Waals surface area contributed by atoms with Crippen LogP contribution in [0.2, 0.25) is 0 Å². The maximum atomic E-state index is 11.9. The number of hydrogen-bond acceptors (Lipinski definition) is 2. The summed E-state index contributed by atoms with van der Waals surface area (Å²) in [5.74, 6) is 0. The Labute approximate surface area is 124 Å². The standard InChI is InChI=1S/C16H20N4O/c21-16(19-10-4-5-11-19)17-9-8-14-12-18-20(13-14)15-6-2-1-3-7-15/h1-3,6-7,12-13H,4-5,8-11H2,(H,17,21). The van der Waals surface area contributed by atoms with Gasteiger partial charge in [-0.3, -0.25) is 0 Å². The first-order valence-electron chi connectivity index (χ1n) is 7.45. The van der Waals surface area contributed by atoms with Crippen molar-refractivity contribution >= 4 is 6.03 Å². The minimum absolute atomic E-state index is 0.0583. The molecule has 3 rings (SSSR count). The van der Waals surface area contributed by atoms with Crippen molar-refractivity contribution in [1.82, 2.24) is 20.0 Å². The highest BCUT2D eigenvalue weighted by Gasteiger charge is 2.16. The second kappa shape index (κ2) is 6.43. The van der Waals surface area contributed by atoms with Crippen LogP contribution in [-0.4, -0.2) is 40.3 Å². The van der Waals surface area contributed by atoms with Crippen LogP contribution >= 0.6 is 0 Å². The number of nitrogens with one attached hydrogen (secondary N) is 1. The Morgan fingerprint density at radius 3 is 2.71 bits per heavy atom. The Bertz CT molecular complexity index is 587. The lowest BCUT2D eigenvalue weighted by Crippen LogP contribution is -2.38. The van der Waals surface area contributed by atoms with E-state index in [1.54, 1.807) is 0 Å². The van der Waals surface area contributed by atoms with E-state index in [0.29, 0.717) is 6.54 Å². The molecule has 5 heteroatoms. The molecular formula is C16H20N4O. The lowest BCUT2D eigenvalue weighted by molar-refractivity contribution is 0.209. The van der Waals surface area contributed by atoms with Crippen molar-refractivity contribution in [2.75, 3.05) is 19.6 Å². The van der Waals surface area contributed by atoms with Gasteiger partial charge < -0.3 is 10.2 Å². The Morgan fingerprint density at radius 1 is 1.19 bits per heavy atom. The van der Waals surface area contributed by atoms with Crippen molar-refractivity contribution in [1.29, 1.82) is 0 Å². The summed E-state index contributed by atoms with van der Waals surface area (Å²) >= 11 is 0. The Hall–Kier alpha value is -2.30. The molecule has 110 valence electrons. The molecule has 1 saturated heterocycles. The molecule has 0 atom stereocenters.